The second-order valence-corrected chi connectivity index (χ2v) is 3.92. The van der Waals surface area contributed by atoms with Crippen molar-refractivity contribution in [3.05, 3.63) is 48.0 Å². The predicted octanol–water partition coefficient (Wildman–Crippen LogP) is 3.76. The molecule has 0 aromatic heterocycles. The Balaban J connectivity index is 2.25. The third-order valence-corrected chi connectivity index (χ3v) is 2.93. The van der Waals surface area contributed by atoms with Gasteiger partial charge < -0.3 is 0 Å². The standard InChI is InChI=1S/C13H16/c1-11-7-5-6-10-13(11)12-8-3-2-4-9-12/h2-4,6,8-11,13H,5,7H2,1H3. The molecule has 0 nitrogen and oxygen atoms in total. The average Bonchev–Trinajstić information content (AvgIpc) is 2.20. The third kappa shape index (κ3) is 1.82. The van der Waals surface area contributed by atoms with Crippen LogP contribution >= 0.6 is 0 Å². The van der Waals surface area contributed by atoms with Crippen molar-refractivity contribution in [3.8, 4) is 0 Å². The molecule has 2 unspecified atom stereocenters. The van der Waals surface area contributed by atoms with Crippen LogP contribution in [0.25, 0.3) is 0 Å². The molecule has 0 aliphatic heterocycles. The number of hydrogen-bond acceptors (Lipinski definition) is 0. The van der Waals surface area contributed by atoms with Crippen molar-refractivity contribution in [2.75, 3.05) is 0 Å². The van der Waals surface area contributed by atoms with E-state index in [1.165, 1.54) is 18.4 Å². The van der Waals surface area contributed by atoms with Gasteiger partial charge in [0.25, 0.3) is 0 Å². The van der Waals surface area contributed by atoms with E-state index in [0.29, 0.717) is 5.92 Å². The van der Waals surface area contributed by atoms with Gasteiger partial charge in [-0.15, -0.1) is 0 Å². The number of allylic oxidation sites excluding steroid dienone is 2. The molecule has 1 aromatic rings. The lowest BCUT2D eigenvalue weighted by Gasteiger charge is -2.24. The Morgan fingerprint density at radius 1 is 1.15 bits per heavy atom. The molecule has 1 aromatic carbocycles. The van der Waals surface area contributed by atoms with E-state index in [1.54, 1.807) is 0 Å². The van der Waals surface area contributed by atoms with E-state index in [2.05, 4.69) is 49.4 Å². The molecule has 0 heteroatoms. The van der Waals surface area contributed by atoms with Crippen molar-refractivity contribution in [1.82, 2.24) is 0 Å². The van der Waals surface area contributed by atoms with E-state index >= 15 is 0 Å². The summed E-state index contributed by atoms with van der Waals surface area (Å²) in [5, 5.41) is 0. The minimum atomic E-state index is 0.648. The summed E-state index contributed by atoms with van der Waals surface area (Å²) >= 11 is 0. The van der Waals surface area contributed by atoms with Crippen molar-refractivity contribution in [2.45, 2.75) is 25.7 Å². The average molecular weight is 172 g/mol. The number of benzene rings is 1. The minimum Gasteiger partial charge on any atom is -0.0879 e. The van der Waals surface area contributed by atoms with Crippen LogP contribution in [0.3, 0.4) is 0 Å². The zero-order chi connectivity index (χ0) is 9.10. The first-order valence-electron chi connectivity index (χ1n) is 5.09. The SMILES string of the molecule is CC1CCC=CC1c1ccccc1. The number of rotatable bonds is 1. The van der Waals surface area contributed by atoms with Gasteiger partial charge >= 0.3 is 0 Å². The number of hydrogen-bond donors (Lipinski definition) is 0. The van der Waals surface area contributed by atoms with Crippen molar-refractivity contribution in [1.29, 1.82) is 0 Å². The lowest BCUT2D eigenvalue weighted by atomic mass is 9.81. The van der Waals surface area contributed by atoms with Gasteiger partial charge in [-0.1, -0.05) is 49.4 Å². The summed E-state index contributed by atoms with van der Waals surface area (Å²) in [6.07, 6.45) is 7.27. The molecule has 0 saturated carbocycles. The summed E-state index contributed by atoms with van der Waals surface area (Å²) in [4.78, 5) is 0. The monoisotopic (exact) mass is 172 g/mol. The van der Waals surface area contributed by atoms with E-state index in [4.69, 9.17) is 0 Å². The Morgan fingerprint density at radius 3 is 2.62 bits per heavy atom. The molecule has 0 spiro atoms. The lowest BCUT2D eigenvalue weighted by molar-refractivity contribution is 0.469. The van der Waals surface area contributed by atoms with Gasteiger partial charge in [-0.25, -0.2) is 0 Å². The molecule has 0 fully saturated rings. The van der Waals surface area contributed by atoms with Crippen LogP contribution in [0.1, 0.15) is 31.2 Å². The second-order valence-electron chi connectivity index (χ2n) is 3.92. The Morgan fingerprint density at radius 2 is 1.92 bits per heavy atom. The van der Waals surface area contributed by atoms with Crippen LogP contribution in [-0.2, 0) is 0 Å². The molecule has 0 radical (unpaired) electrons. The van der Waals surface area contributed by atoms with Crippen LogP contribution in [0.15, 0.2) is 42.5 Å². The van der Waals surface area contributed by atoms with Gasteiger partial charge in [0.05, 0.1) is 0 Å². The second kappa shape index (κ2) is 3.78. The molecule has 0 saturated heterocycles. The highest BCUT2D eigenvalue weighted by atomic mass is 14.2. The largest absolute Gasteiger partial charge is 0.0879 e. The van der Waals surface area contributed by atoms with E-state index in [-0.39, 0.29) is 0 Å². The molecule has 0 bridgehead atoms. The molecular weight excluding hydrogens is 156 g/mol. The molecule has 68 valence electrons. The Labute approximate surface area is 80.3 Å². The first-order chi connectivity index (χ1) is 6.38. The van der Waals surface area contributed by atoms with Gasteiger partial charge in [0.15, 0.2) is 0 Å². The summed E-state index contributed by atoms with van der Waals surface area (Å²) in [6, 6.07) is 10.8. The summed E-state index contributed by atoms with van der Waals surface area (Å²) in [5.74, 6) is 1.45. The van der Waals surface area contributed by atoms with Crippen LogP contribution in [0.2, 0.25) is 0 Å². The van der Waals surface area contributed by atoms with E-state index in [1.807, 2.05) is 0 Å². The summed E-state index contributed by atoms with van der Waals surface area (Å²) in [7, 11) is 0. The van der Waals surface area contributed by atoms with Gasteiger partial charge in [0.2, 0.25) is 0 Å². The topological polar surface area (TPSA) is 0 Å². The Kier molecular flexibility index (Phi) is 2.49. The van der Waals surface area contributed by atoms with Crippen molar-refractivity contribution >= 4 is 0 Å². The van der Waals surface area contributed by atoms with Gasteiger partial charge in [0.1, 0.15) is 0 Å². The van der Waals surface area contributed by atoms with Crippen molar-refractivity contribution < 1.29 is 0 Å². The van der Waals surface area contributed by atoms with Crippen LogP contribution in [0.4, 0.5) is 0 Å². The van der Waals surface area contributed by atoms with Crippen LogP contribution in [-0.4, -0.2) is 0 Å². The van der Waals surface area contributed by atoms with E-state index in [0.717, 1.165) is 5.92 Å². The first kappa shape index (κ1) is 8.55. The molecule has 0 heterocycles. The zero-order valence-electron chi connectivity index (χ0n) is 8.11. The van der Waals surface area contributed by atoms with Gasteiger partial charge in [-0.05, 0) is 24.3 Å². The van der Waals surface area contributed by atoms with E-state index in [9.17, 15) is 0 Å². The summed E-state index contributed by atoms with van der Waals surface area (Å²) in [6.45, 7) is 2.35. The van der Waals surface area contributed by atoms with Gasteiger partial charge in [0, 0.05) is 5.92 Å². The Hall–Kier alpha value is -1.04. The molecule has 1 aliphatic rings. The van der Waals surface area contributed by atoms with Crippen LogP contribution in [0, 0.1) is 5.92 Å². The maximum Gasteiger partial charge on any atom is 0.00437 e. The van der Waals surface area contributed by atoms with Crippen molar-refractivity contribution in [2.24, 2.45) is 5.92 Å². The van der Waals surface area contributed by atoms with Gasteiger partial charge in [-0.2, -0.15) is 0 Å². The molecule has 1 aliphatic carbocycles. The predicted molar refractivity (Wildman–Crippen MR) is 56.7 cm³/mol. The maximum atomic E-state index is 2.36. The van der Waals surface area contributed by atoms with Crippen molar-refractivity contribution in [3.63, 3.8) is 0 Å². The quantitative estimate of drug-likeness (QED) is 0.566. The molecule has 2 atom stereocenters. The lowest BCUT2D eigenvalue weighted by Crippen LogP contribution is -2.10. The fourth-order valence-corrected chi connectivity index (χ4v) is 2.09. The highest BCUT2D eigenvalue weighted by Gasteiger charge is 2.18. The van der Waals surface area contributed by atoms with Crippen LogP contribution in [0.5, 0.6) is 0 Å². The van der Waals surface area contributed by atoms with E-state index < -0.39 is 0 Å². The molecule has 13 heavy (non-hydrogen) atoms. The fraction of sp³-hybridized carbons (Fsp3) is 0.385. The highest BCUT2D eigenvalue weighted by Crippen LogP contribution is 2.32. The molecule has 2 rings (SSSR count). The third-order valence-electron chi connectivity index (χ3n) is 2.93. The normalized spacial score (nSPS) is 27.5. The summed E-state index contributed by atoms with van der Waals surface area (Å²) in [5.41, 5.74) is 1.46. The van der Waals surface area contributed by atoms with Crippen LogP contribution < -0.4 is 0 Å². The molecular formula is C13H16. The first-order valence-corrected chi connectivity index (χ1v) is 5.09. The minimum absolute atomic E-state index is 0.648. The maximum absolute atomic E-state index is 2.36. The van der Waals surface area contributed by atoms with Gasteiger partial charge in [-0.3, -0.25) is 0 Å². The smallest absolute Gasteiger partial charge is 0.00437 e. The zero-order valence-corrected chi connectivity index (χ0v) is 8.11. The summed E-state index contributed by atoms with van der Waals surface area (Å²) < 4.78 is 0. The fourth-order valence-electron chi connectivity index (χ4n) is 2.09. The molecule has 0 amide bonds. The molecule has 0 N–H and O–H groups in total. The Bertz CT molecular complexity index is 284. The highest BCUT2D eigenvalue weighted by molar-refractivity contribution is 5.25.